The summed E-state index contributed by atoms with van der Waals surface area (Å²) < 4.78 is 16.0. The van der Waals surface area contributed by atoms with Gasteiger partial charge in [-0.05, 0) is 57.5 Å². The van der Waals surface area contributed by atoms with Gasteiger partial charge in [-0.3, -0.25) is 14.5 Å². The monoisotopic (exact) mass is 400 g/mol. The number of nitrogens with zero attached hydrogens (tertiary/aromatic N) is 3. The molecule has 1 aromatic carbocycles. The third-order valence-corrected chi connectivity index (χ3v) is 6.28. The van der Waals surface area contributed by atoms with E-state index in [0.29, 0.717) is 48.9 Å². The highest BCUT2D eigenvalue weighted by Crippen LogP contribution is 2.37. The van der Waals surface area contributed by atoms with Gasteiger partial charge in [0.1, 0.15) is 11.5 Å². The van der Waals surface area contributed by atoms with Gasteiger partial charge in [0.05, 0.1) is 11.2 Å². The van der Waals surface area contributed by atoms with E-state index in [9.17, 15) is 14.0 Å². The molecule has 6 nitrogen and oxygen atoms in total. The van der Waals surface area contributed by atoms with Gasteiger partial charge < -0.3 is 14.8 Å². The molecule has 0 saturated carbocycles. The zero-order chi connectivity index (χ0) is 20.5. The summed E-state index contributed by atoms with van der Waals surface area (Å²) in [5, 5.41) is 3.73. The number of hydrogen-bond acceptors (Lipinski definition) is 3. The Hall–Kier alpha value is -2.41. The number of benzene rings is 1. The Morgan fingerprint density at radius 1 is 1.21 bits per heavy atom. The highest BCUT2D eigenvalue weighted by atomic mass is 19.1. The van der Waals surface area contributed by atoms with Gasteiger partial charge in [-0.2, -0.15) is 0 Å². The number of likely N-dealkylation sites (tertiary alicyclic amines) is 1. The number of rotatable bonds is 6. The smallest absolute Gasteiger partial charge is 0.270 e. The normalized spacial score (nSPS) is 20.2. The molecular weight excluding hydrogens is 371 g/mol. The molecule has 2 saturated heterocycles. The van der Waals surface area contributed by atoms with Crippen molar-refractivity contribution in [3.05, 3.63) is 29.7 Å². The van der Waals surface area contributed by atoms with E-state index >= 15 is 0 Å². The number of carbonyl (C=O) groups is 2. The second kappa shape index (κ2) is 8.14. The highest BCUT2D eigenvalue weighted by Gasteiger charge is 2.32. The van der Waals surface area contributed by atoms with Gasteiger partial charge in [-0.1, -0.05) is 6.92 Å². The van der Waals surface area contributed by atoms with Crippen LogP contribution in [0.15, 0.2) is 18.2 Å². The molecule has 0 aliphatic carbocycles. The van der Waals surface area contributed by atoms with Gasteiger partial charge in [0.15, 0.2) is 0 Å². The molecular formula is C22H29FN4O2. The minimum absolute atomic E-state index is 0.00795. The van der Waals surface area contributed by atoms with E-state index < -0.39 is 0 Å². The Kier molecular flexibility index (Phi) is 5.58. The van der Waals surface area contributed by atoms with E-state index in [2.05, 4.69) is 17.1 Å². The van der Waals surface area contributed by atoms with Crippen LogP contribution in [-0.4, -0.2) is 53.5 Å². The molecule has 3 heterocycles. The second-order valence-corrected chi connectivity index (χ2v) is 7.89. The number of carbonyl (C=O) groups excluding carboxylic acids is 2. The van der Waals surface area contributed by atoms with Gasteiger partial charge in [-0.25, -0.2) is 4.39 Å². The lowest BCUT2D eigenvalue weighted by Gasteiger charge is -2.23. The fourth-order valence-electron chi connectivity index (χ4n) is 4.86. The Labute approximate surface area is 170 Å². The maximum absolute atomic E-state index is 14.1. The second-order valence-electron chi connectivity index (χ2n) is 7.89. The van der Waals surface area contributed by atoms with E-state index in [-0.39, 0.29) is 17.6 Å². The Balaban J connectivity index is 1.73. The molecule has 7 heteroatoms. The third kappa shape index (κ3) is 3.52. The van der Waals surface area contributed by atoms with Crippen LogP contribution < -0.4 is 10.2 Å². The van der Waals surface area contributed by atoms with Crippen molar-refractivity contribution in [2.45, 2.75) is 52.1 Å². The summed E-state index contributed by atoms with van der Waals surface area (Å²) in [6, 6.07) is 4.89. The summed E-state index contributed by atoms with van der Waals surface area (Å²) in [6.07, 6.45) is 3.44. The molecule has 0 bridgehead atoms. The summed E-state index contributed by atoms with van der Waals surface area (Å²) in [5.41, 5.74) is 1.80. The average molecular weight is 400 g/mol. The fourth-order valence-corrected chi connectivity index (χ4v) is 4.86. The van der Waals surface area contributed by atoms with Crippen molar-refractivity contribution < 1.29 is 14.0 Å². The standard InChI is InChI=1S/C22H29FN4O2/c1-3-25-11-5-7-16(25)14-24-22(29)21-20(27-12-6-8-19(27)28)17-13-15(23)9-10-18(17)26(21)4-2/h9-10,13,16H,3-8,11-12,14H2,1-2H3,(H,24,29)/t16-/m0/s1. The molecule has 1 aromatic heterocycles. The number of anilines is 1. The summed E-state index contributed by atoms with van der Waals surface area (Å²) >= 11 is 0. The predicted molar refractivity (Wildman–Crippen MR) is 112 cm³/mol. The molecule has 1 N–H and O–H groups in total. The predicted octanol–water partition coefficient (Wildman–Crippen LogP) is 3.14. The van der Waals surface area contributed by atoms with Crippen LogP contribution in [0, 0.1) is 5.82 Å². The maximum Gasteiger partial charge on any atom is 0.270 e. The van der Waals surface area contributed by atoms with Crippen LogP contribution in [0.2, 0.25) is 0 Å². The molecule has 1 atom stereocenters. The highest BCUT2D eigenvalue weighted by molar-refractivity contribution is 6.14. The quantitative estimate of drug-likeness (QED) is 0.811. The lowest BCUT2D eigenvalue weighted by Crippen LogP contribution is -2.41. The first kappa shape index (κ1) is 19.9. The van der Waals surface area contributed by atoms with E-state index in [4.69, 9.17) is 0 Å². The SMILES string of the molecule is CCN1CCC[C@H]1CNC(=O)c1c(N2CCCC2=O)c2cc(F)ccc2n1CC. The van der Waals surface area contributed by atoms with Crippen molar-refractivity contribution >= 4 is 28.4 Å². The van der Waals surface area contributed by atoms with Crippen molar-refractivity contribution in [2.24, 2.45) is 0 Å². The maximum atomic E-state index is 14.1. The van der Waals surface area contributed by atoms with Crippen molar-refractivity contribution in [2.75, 3.05) is 31.1 Å². The summed E-state index contributed by atoms with van der Waals surface area (Å²) in [6.45, 7) is 7.86. The zero-order valence-corrected chi connectivity index (χ0v) is 17.2. The van der Waals surface area contributed by atoms with Gasteiger partial charge in [0.2, 0.25) is 5.91 Å². The molecule has 4 rings (SSSR count). The molecule has 156 valence electrons. The van der Waals surface area contributed by atoms with Gasteiger partial charge >= 0.3 is 0 Å². The largest absolute Gasteiger partial charge is 0.349 e. The van der Waals surface area contributed by atoms with Crippen LogP contribution in [0.25, 0.3) is 10.9 Å². The number of likely N-dealkylation sites (N-methyl/N-ethyl adjacent to an activating group) is 1. The van der Waals surface area contributed by atoms with Gasteiger partial charge in [-0.15, -0.1) is 0 Å². The topological polar surface area (TPSA) is 57.6 Å². The zero-order valence-electron chi connectivity index (χ0n) is 17.2. The average Bonchev–Trinajstić information content (AvgIpc) is 3.42. The number of fused-ring (bicyclic) bond motifs is 1. The van der Waals surface area contributed by atoms with Crippen LogP contribution in [0.3, 0.4) is 0 Å². The van der Waals surface area contributed by atoms with Crippen molar-refractivity contribution in [1.29, 1.82) is 0 Å². The van der Waals surface area contributed by atoms with Crippen molar-refractivity contribution in [1.82, 2.24) is 14.8 Å². The van der Waals surface area contributed by atoms with Crippen LogP contribution in [0.5, 0.6) is 0 Å². The molecule has 2 aliphatic rings. The lowest BCUT2D eigenvalue weighted by molar-refractivity contribution is -0.117. The number of aryl methyl sites for hydroxylation is 1. The Morgan fingerprint density at radius 3 is 2.72 bits per heavy atom. The first-order valence-corrected chi connectivity index (χ1v) is 10.7. The molecule has 2 amide bonds. The number of amides is 2. The lowest BCUT2D eigenvalue weighted by atomic mass is 10.2. The fraction of sp³-hybridized carbons (Fsp3) is 0.545. The number of nitrogens with one attached hydrogen (secondary N) is 1. The number of halogens is 1. The first-order valence-electron chi connectivity index (χ1n) is 10.7. The van der Waals surface area contributed by atoms with E-state index in [1.807, 2.05) is 11.5 Å². The van der Waals surface area contributed by atoms with E-state index in [1.54, 1.807) is 11.0 Å². The van der Waals surface area contributed by atoms with Crippen LogP contribution in [-0.2, 0) is 11.3 Å². The molecule has 2 fully saturated rings. The van der Waals surface area contributed by atoms with E-state index in [1.165, 1.54) is 12.1 Å². The molecule has 2 aliphatic heterocycles. The summed E-state index contributed by atoms with van der Waals surface area (Å²) in [4.78, 5) is 29.9. The number of hydrogen-bond donors (Lipinski definition) is 1. The molecule has 0 spiro atoms. The Morgan fingerprint density at radius 2 is 2.03 bits per heavy atom. The minimum Gasteiger partial charge on any atom is -0.349 e. The minimum atomic E-state index is -0.366. The van der Waals surface area contributed by atoms with Gasteiger partial charge in [0.25, 0.3) is 5.91 Å². The summed E-state index contributed by atoms with van der Waals surface area (Å²) in [7, 11) is 0. The van der Waals surface area contributed by atoms with Gasteiger partial charge in [0, 0.05) is 37.5 Å². The summed E-state index contributed by atoms with van der Waals surface area (Å²) in [5.74, 6) is -0.567. The van der Waals surface area contributed by atoms with Crippen molar-refractivity contribution in [3.8, 4) is 0 Å². The van der Waals surface area contributed by atoms with Crippen LogP contribution in [0.4, 0.5) is 10.1 Å². The van der Waals surface area contributed by atoms with Crippen LogP contribution >= 0.6 is 0 Å². The molecule has 29 heavy (non-hydrogen) atoms. The molecule has 0 unspecified atom stereocenters. The first-order chi connectivity index (χ1) is 14.0. The van der Waals surface area contributed by atoms with Crippen molar-refractivity contribution in [3.63, 3.8) is 0 Å². The Bertz CT molecular complexity index is 939. The van der Waals surface area contributed by atoms with E-state index in [0.717, 1.165) is 37.9 Å². The van der Waals surface area contributed by atoms with Crippen LogP contribution in [0.1, 0.15) is 50.0 Å². The molecule has 0 radical (unpaired) electrons. The molecule has 2 aromatic rings. The number of aromatic nitrogens is 1. The third-order valence-electron chi connectivity index (χ3n) is 6.28.